The van der Waals surface area contributed by atoms with Crippen LogP contribution < -0.4 is 5.32 Å². The predicted molar refractivity (Wildman–Crippen MR) is 55.9 cm³/mol. The fraction of sp³-hybridized carbons (Fsp3) is 0.556. The summed E-state index contributed by atoms with van der Waals surface area (Å²) in [4.78, 5) is 7.98. The summed E-state index contributed by atoms with van der Waals surface area (Å²) in [5, 5.41) is 4.39. The highest BCUT2D eigenvalue weighted by molar-refractivity contribution is 7.99. The number of thioether (sulfide) groups is 1. The second kappa shape index (κ2) is 5.94. The smallest absolute Gasteiger partial charge is 0.116 e. The summed E-state index contributed by atoms with van der Waals surface area (Å²) < 4.78 is 0. The van der Waals surface area contributed by atoms with E-state index in [1.54, 1.807) is 24.3 Å². The van der Waals surface area contributed by atoms with Crippen molar-refractivity contribution in [3.63, 3.8) is 0 Å². The molecule has 1 aromatic rings. The molecule has 0 unspecified atom stereocenters. The molecule has 0 spiro atoms. The van der Waals surface area contributed by atoms with Gasteiger partial charge in [-0.1, -0.05) is 13.8 Å². The van der Waals surface area contributed by atoms with Gasteiger partial charge in [0.05, 0.1) is 5.03 Å². The van der Waals surface area contributed by atoms with E-state index >= 15 is 0 Å². The van der Waals surface area contributed by atoms with Gasteiger partial charge in [0.1, 0.15) is 6.33 Å². The Hall–Kier alpha value is -0.610. The van der Waals surface area contributed by atoms with Crippen LogP contribution in [0.15, 0.2) is 23.6 Å². The number of aromatic nitrogens is 2. The lowest BCUT2D eigenvalue weighted by molar-refractivity contribution is 0.616. The van der Waals surface area contributed by atoms with Gasteiger partial charge >= 0.3 is 0 Å². The van der Waals surface area contributed by atoms with Crippen molar-refractivity contribution in [3.05, 3.63) is 18.6 Å². The fourth-order valence-corrected chi connectivity index (χ4v) is 1.57. The Morgan fingerprint density at radius 1 is 1.54 bits per heavy atom. The Kier molecular flexibility index (Phi) is 4.78. The Labute approximate surface area is 83.4 Å². The number of hydrogen-bond donors (Lipinski definition) is 1. The molecule has 0 fully saturated rings. The van der Waals surface area contributed by atoms with E-state index in [2.05, 4.69) is 29.1 Å². The van der Waals surface area contributed by atoms with Crippen molar-refractivity contribution in [1.82, 2.24) is 15.3 Å². The zero-order chi connectivity index (χ0) is 9.52. The highest BCUT2D eigenvalue weighted by atomic mass is 32.2. The maximum atomic E-state index is 4.12. The van der Waals surface area contributed by atoms with Crippen LogP contribution in [-0.4, -0.2) is 28.3 Å². The van der Waals surface area contributed by atoms with Crippen LogP contribution in [0, 0.1) is 0 Å². The van der Waals surface area contributed by atoms with E-state index in [0.717, 1.165) is 17.3 Å². The van der Waals surface area contributed by atoms with Crippen LogP contribution in [0.4, 0.5) is 0 Å². The average molecular weight is 197 g/mol. The van der Waals surface area contributed by atoms with Crippen LogP contribution in [-0.2, 0) is 0 Å². The first kappa shape index (κ1) is 10.5. The molecule has 0 saturated heterocycles. The minimum Gasteiger partial charge on any atom is -0.314 e. The highest BCUT2D eigenvalue weighted by Gasteiger charge is 1.95. The first-order chi connectivity index (χ1) is 6.29. The van der Waals surface area contributed by atoms with Crippen molar-refractivity contribution in [3.8, 4) is 0 Å². The standard InChI is InChI=1S/C9H15N3S/c1-8(2)11-5-6-13-9-3-4-10-7-12-9/h3-4,7-8,11H,5-6H2,1-2H3. The second-order valence-corrected chi connectivity index (χ2v) is 4.12. The predicted octanol–water partition coefficient (Wildman–Crippen LogP) is 1.57. The van der Waals surface area contributed by atoms with Gasteiger partial charge < -0.3 is 5.32 Å². The van der Waals surface area contributed by atoms with E-state index < -0.39 is 0 Å². The van der Waals surface area contributed by atoms with Crippen LogP contribution in [0.25, 0.3) is 0 Å². The average Bonchev–Trinajstić information content (AvgIpc) is 2.14. The van der Waals surface area contributed by atoms with Gasteiger partial charge in [-0.3, -0.25) is 0 Å². The van der Waals surface area contributed by atoms with Crippen molar-refractivity contribution < 1.29 is 0 Å². The molecular weight excluding hydrogens is 182 g/mol. The summed E-state index contributed by atoms with van der Waals surface area (Å²) in [7, 11) is 0. The number of nitrogens with zero attached hydrogens (tertiary/aromatic N) is 2. The Balaban J connectivity index is 2.13. The molecule has 0 aliphatic carbocycles. The van der Waals surface area contributed by atoms with Crippen LogP contribution in [0.1, 0.15) is 13.8 Å². The molecule has 1 N–H and O–H groups in total. The maximum Gasteiger partial charge on any atom is 0.116 e. The summed E-state index contributed by atoms with van der Waals surface area (Å²) in [6.45, 7) is 5.32. The van der Waals surface area contributed by atoms with Crippen LogP contribution in [0.3, 0.4) is 0 Å². The molecule has 3 nitrogen and oxygen atoms in total. The number of hydrogen-bond acceptors (Lipinski definition) is 4. The molecule has 4 heteroatoms. The van der Waals surface area contributed by atoms with Gasteiger partial charge in [0, 0.05) is 24.5 Å². The van der Waals surface area contributed by atoms with Gasteiger partial charge in [-0.25, -0.2) is 9.97 Å². The van der Waals surface area contributed by atoms with Gasteiger partial charge in [-0.2, -0.15) is 0 Å². The molecule has 72 valence electrons. The van der Waals surface area contributed by atoms with Gasteiger partial charge in [0.2, 0.25) is 0 Å². The summed E-state index contributed by atoms with van der Waals surface area (Å²) in [5.74, 6) is 1.05. The third-order valence-electron chi connectivity index (χ3n) is 1.46. The molecule has 0 aromatic carbocycles. The van der Waals surface area contributed by atoms with Gasteiger partial charge in [0.15, 0.2) is 0 Å². The molecule has 0 atom stereocenters. The molecule has 13 heavy (non-hydrogen) atoms. The molecule has 0 bridgehead atoms. The summed E-state index contributed by atoms with van der Waals surface area (Å²) in [6, 6.07) is 2.49. The minimum absolute atomic E-state index is 0.561. The fourth-order valence-electron chi connectivity index (χ4n) is 0.867. The van der Waals surface area contributed by atoms with Crippen molar-refractivity contribution in [2.24, 2.45) is 0 Å². The quantitative estimate of drug-likeness (QED) is 0.442. The molecular formula is C9H15N3S. The lowest BCUT2D eigenvalue weighted by atomic mass is 10.4. The van der Waals surface area contributed by atoms with Gasteiger partial charge in [0.25, 0.3) is 0 Å². The van der Waals surface area contributed by atoms with E-state index in [1.165, 1.54) is 0 Å². The lowest BCUT2D eigenvalue weighted by Gasteiger charge is -2.06. The number of rotatable bonds is 5. The summed E-state index contributed by atoms with van der Waals surface area (Å²) in [6.07, 6.45) is 3.35. The van der Waals surface area contributed by atoms with Crippen LogP contribution in [0.5, 0.6) is 0 Å². The van der Waals surface area contributed by atoms with Crippen LogP contribution >= 0.6 is 11.8 Å². The molecule has 0 aliphatic heterocycles. The largest absolute Gasteiger partial charge is 0.314 e. The van der Waals surface area contributed by atoms with Gasteiger partial charge in [-0.15, -0.1) is 11.8 Å². The van der Waals surface area contributed by atoms with E-state index in [1.807, 2.05) is 6.07 Å². The topological polar surface area (TPSA) is 37.8 Å². The molecule has 1 heterocycles. The zero-order valence-corrected chi connectivity index (χ0v) is 8.84. The number of nitrogens with one attached hydrogen (secondary N) is 1. The monoisotopic (exact) mass is 197 g/mol. The lowest BCUT2D eigenvalue weighted by Crippen LogP contribution is -2.24. The minimum atomic E-state index is 0.561. The SMILES string of the molecule is CC(C)NCCSc1ccncn1. The second-order valence-electron chi connectivity index (χ2n) is 3.00. The zero-order valence-electron chi connectivity index (χ0n) is 8.03. The Morgan fingerprint density at radius 3 is 3.00 bits per heavy atom. The summed E-state index contributed by atoms with van der Waals surface area (Å²) >= 11 is 1.75. The molecule has 0 amide bonds. The molecule has 0 aliphatic rings. The molecule has 1 aromatic heterocycles. The Morgan fingerprint density at radius 2 is 2.38 bits per heavy atom. The molecule has 1 rings (SSSR count). The van der Waals surface area contributed by atoms with Crippen molar-refractivity contribution in [2.75, 3.05) is 12.3 Å². The molecule has 0 saturated carbocycles. The highest BCUT2D eigenvalue weighted by Crippen LogP contribution is 2.11. The summed E-state index contributed by atoms with van der Waals surface area (Å²) in [5.41, 5.74) is 0. The van der Waals surface area contributed by atoms with Crippen LogP contribution in [0.2, 0.25) is 0 Å². The van der Waals surface area contributed by atoms with E-state index in [-0.39, 0.29) is 0 Å². The third-order valence-corrected chi connectivity index (χ3v) is 2.40. The van der Waals surface area contributed by atoms with E-state index in [9.17, 15) is 0 Å². The Bertz CT molecular complexity index is 226. The van der Waals surface area contributed by atoms with E-state index in [4.69, 9.17) is 0 Å². The maximum absolute atomic E-state index is 4.12. The van der Waals surface area contributed by atoms with E-state index in [0.29, 0.717) is 6.04 Å². The van der Waals surface area contributed by atoms with Crippen molar-refractivity contribution in [1.29, 1.82) is 0 Å². The van der Waals surface area contributed by atoms with Crippen molar-refractivity contribution >= 4 is 11.8 Å². The van der Waals surface area contributed by atoms with Crippen molar-refractivity contribution in [2.45, 2.75) is 24.9 Å². The molecule has 0 radical (unpaired) electrons. The third kappa shape index (κ3) is 4.85. The first-order valence-corrected chi connectivity index (χ1v) is 5.40. The first-order valence-electron chi connectivity index (χ1n) is 4.41. The van der Waals surface area contributed by atoms with Gasteiger partial charge in [-0.05, 0) is 6.07 Å². The normalized spacial score (nSPS) is 10.7.